The minimum absolute atomic E-state index is 0.0440. The van der Waals surface area contributed by atoms with E-state index in [9.17, 15) is 4.79 Å². The fraction of sp³-hybridized carbons (Fsp3) is 0.312. The minimum Gasteiger partial charge on any atom is -0.330 e. The topological polar surface area (TPSA) is 62.6 Å². The molecule has 1 amide bonds. The average Bonchev–Trinajstić information content (AvgIpc) is 2.56. The number of rotatable bonds is 4. The molecule has 2 N–H and O–H groups in total. The molecule has 1 aromatic heterocycles. The number of halogens is 1. The van der Waals surface area contributed by atoms with E-state index in [2.05, 4.69) is 36.1 Å². The van der Waals surface area contributed by atoms with Crippen LogP contribution in [0, 0.1) is 0 Å². The second kappa shape index (κ2) is 7.52. The van der Waals surface area contributed by atoms with Crippen LogP contribution in [0.4, 0.5) is 11.6 Å². The fourth-order valence-corrected chi connectivity index (χ4v) is 3.05. The van der Waals surface area contributed by atoms with Crippen molar-refractivity contribution in [3.8, 4) is 0 Å². The highest BCUT2D eigenvalue weighted by atomic mass is 79.9. The maximum absolute atomic E-state index is 12.2. The summed E-state index contributed by atoms with van der Waals surface area (Å²) in [5, 5.41) is 2.94. The molecule has 0 bridgehead atoms. The Labute approximate surface area is 143 Å². The van der Waals surface area contributed by atoms with Crippen molar-refractivity contribution in [3.05, 3.63) is 47.2 Å². The number of nitrogens with zero attached hydrogens (tertiary/aromatic N) is 3. The number of amides is 1. The van der Waals surface area contributed by atoms with Gasteiger partial charge in [0.15, 0.2) is 6.54 Å². The summed E-state index contributed by atoms with van der Waals surface area (Å²) in [6.07, 6.45) is 3.51. The number of anilines is 2. The first-order valence-electron chi connectivity index (χ1n) is 7.62. The molecule has 0 radical (unpaired) electrons. The standard InChI is InChI=1S/C16H18BrN5O/c17-13-3-1-4-14(11-13)20-15(23)12-21-7-9-22(10-8-21)16-18-5-2-6-19-16/h1-6,11H,7-10,12H2,(H,20,23)/p+1. The molecule has 0 spiro atoms. The SMILES string of the molecule is O=C(C[NH+]1CCN(c2ncccn2)CC1)Nc1cccc(Br)c1. The quantitative estimate of drug-likeness (QED) is 0.819. The molecule has 2 aromatic rings. The van der Waals surface area contributed by atoms with Crippen LogP contribution in [-0.4, -0.2) is 48.6 Å². The van der Waals surface area contributed by atoms with Gasteiger partial charge in [-0.1, -0.05) is 22.0 Å². The number of quaternary nitrogens is 1. The van der Waals surface area contributed by atoms with Crippen molar-refractivity contribution in [2.24, 2.45) is 0 Å². The van der Waals surface area contributed by atoms with Gasteiger partial charge in [-0.05, 0) is 24.3 Å². The molecule has 0 unspecified atom stereocenters. The van der Waals surface area contributed by atoms with Gasteiger partial charge < -0.3 is 15.1 Å². The van der Waals surface area contributed by atoms with Gasteiger partial charge in [0.25, 0.3) is 5.91 Å². The third-order valence-electron chi connectivity index (χ3n) is 3.82. The van der Waals surface area contributed by atoms with Crippen molar-refractivity contribution in [3.63, 3.8) is 0 Å². The lowest BCUT2D eigenvalue weighted by atomic mass is 10.3. The van der Waals surface area contributed by atoms with Crippen molar-refractivity contribution in [1.82, 2.24) is 9.97 Å². The first-order valence-corrected chi connectivity index (χ1v) is 8.41. The molecule has 6 nitrogen and oxygen atoms in total. The average molecular weight is 377 g/mol. The lowest BCUT2D eigenvalue weighted by molar-refractivity contribution is -0.892. The molecule has 0 saturated carbocycles. The Bertz CT molecular complexity index is 659. The number of benzene rings is 1. The Morgan fingerprint density at radius 3 is 2.65 bits per heavy atom. The zero-order valence-electron chi connectivity index (χ0n) is 12.7. The van der Waals surface area contributed by atoms with E-state index in [1.54, 1.807) is 12.4 Å². The van der Waals surface area contributed by atoms with Crippen LogP contribution in [0.3, 0.4) is 0 Å². The molecule has 1 saturated heterocycles. The van der Waals surface area contributed by atoms with Crippen molar-refractivity contribution in [1.29, 1.82) is 0 Å². The maximum Gasteiger partial charge on any atom is 0.279 e. The molecule has 2 heterocycles. The van der Waals surface area contributed by atoms with E-state index >= 15 is 0 Å². The number of nitrogens with one attached hydrogen (secondary N) is 2. The predicted molar refractivity (Wildman–Crippen MR) is 92.6 cm³/mol. The Morgan fingerprint density at radius 1 is 1.22 bits per heavy atom. The third-order valence-corrected chi connectivity index (χ3v) is 4.32. The normalized spacial score (nSPS) is 15.4. The summed E-state index contributed by atoms with van der Waals surface area (Å²) >= 11 is 3.41. The van der Waals surface area contributed by atoms with Crippen LogP contribution < -0.4 is 15.1 Å². The Kier molecular flexibility index (Phi) is 5.19. The van der Waals surface area contributed by atoms with Crippen LogP contribution in [0.15, 0.2) is 47.2 Å². The zero-order valence-corrected chi connectivity index (χ0v) is 14.3. The van der Waals surface area contributed by atoms with Gasteiger partial charge in [-0.15, -0.1) is 0 Å². The van der Waals surface area contributed by atoms with E-state index < -0.39 is 0 Å². The van der Waals surface area contributed by atoms with Crippen LogP contribution in [0.1, 0.15) is 0 Å². The largest absolute Gasteiger partial charge is 0.330 e. The first-order chi connectivity index (χ1) is 11.2. The van der Waals surface area contributed by atoms with E-state index in [1.807, 2.05) is 30.3 Å². The summed E-state index contributed by atoms with van der Waals surface area (Å²) in [4.78, 5) is 24.2. The van der Waals surface area contributed by atoms with E-state index in [1.165, 1.54) is 4.90 Å². The number of carbonyl (C=O) groups is 1. The molecule has 23 heavy (non-hydrogen) atoms. The van der Waals surface area contributed by atoms with E-state index in [0.29, 0.717) is 6.54 Å². The number of hydrogen-bond donors (Lipinski definition) is 2. The van der Waals surface area contributed by atoms with Crippen LogP contribution in [0.25, 0.3) is 0 Å². The van der Waals surface area contributed by atoms with Crippen LogP contribution in [0.5, 0.6) is 0 Å². The summed E-state index contributed by atoms with van der Waals surface area (Å²) in [5.41, 5.74) is 0.820. The molecule has 120 valence electrons. The Balaban J connectivity index is 1.48. The highest BCUT2D eigenvalue weighted by molar-refractivity contribution is 9.10. The summed E-state index contributed by atoms with van der Waals surface area (Å²) in [5.74, 6) is 0.813. The van der Waals surface area contributed by atoms with Crippen molar-refractivity contribution < 1.29 is 9.69 Å². The highest BCUT2D eigenvalue weighted by Crippen LogP contribution is 2.15. The molecule has 3 rings (SSSR count). The molecule has 1 aliphatic heterocycles. The van der Waals surface area contributed by atoms with Gasteiger partial charge >= 0.3 is 0 Å². The van der Waals surface area contributed by atoms with E-state index in [4.69, 9.17) is 0 Å². The second-order valence-electron chi connectivity index (χ2n) is 5.52. The predicted octanol–water partition coefficient (Wildman–Crippen LogP) is 0.583. The molecule has 7 heteroatoms. The van der Waals surface area contributed by atoms with Crippen molar-refractivity contribution >= 4 is 33.5 Å². The summed E-state index contributed by atoms with van der Waals surface area (Å²) in [6, 6.07) is 9.45. The van der Waals surface area contributed by atoms with Crippen LogP contribution in [0.2, 0.25) is 0 Å². The minimum atomic E-state index is 0.0440. The summed E-state index contributed by atoms with van der Waals surface area (Å²) < 4.78 is 0.958. The molecule has 0 aliphatic carbocycles. The van der Waals surface area contributed by atoms with Crippen LogP contribution >= 0.6 is 15.9 Å². The number of aromatic nitrogens is 2. The highest BCUT2D eigenvalue weighted by Gasteiger charge is 2.23. The second-order valence-corrected chi connectivity index (χ2v) is 6.44. The lowest BCUT2D eigenvalue weighted by Crippen LogP contribution is -3.15. The molecular weight excluding hydrogens is 358 g/mol. The summed E-state index contributed by atoms with van der Waals surface area (Å²) in [6.45, 7) is 4.03. The zero-order chi connectivity index (χ0) is 16.1. The van der Waals surface area contributed by atoms with E-state index in [-0.39, 0.29) is 5.91 Å². The van der Waals surface area contributed by atoms with Gasteiger partial charge in [0.05, 0.1) is 26.2 Å². The van der Waals surface area contributed by atoms with E-state index in [0.717, 1.165) is 42.3 Å². The molecule has 1 aromatic carbocycles. The molecular formula is C16H19BrN5O+. The first kappa shape index (κ1) is 15.9. The van der Waals surface area contributed by atoms with Gasteiger partial charge in [-0.25, -0.2) is 9.97 Å². The van der Waals surface area contributed by atoms with Gasteiger partial charge in [-0.3, -0.25) is 4.79 Å². The third kappa shape index (κ3) is 4.49. The van der Waals surface area contributed by atoms with Gasteiger partial charge in [0.1, 0.15) is 0 Å². The number of carbonyl (C=O) groups excluding carboxylic acids is 1. The van der Waals surface area contributed by atoms with Gasteiger partial charge in [0, 0.05) is 22.6 Å². The van der Waals surface area contributed by atoms with Gasteiger partial charge in [0.2, 0.25) is 5.95 Å². The molecule has 1 fully saturated rings. The molecule has 0 atom stereocenters. The number of piperazine rings is 1. The van der Waals surface area contributed by atoms with Crippen molar-refractivity contribution in [2.75, 3.05) is 42.9 Å². The lowest BCUT2D eigenvalue weighted by Gasteiger charge is -2.31. The van der Waals surface area contributed by atoms with Gasteiger partial charge in [-0.2, -0.15) is 0 Å². The Hall–Kier alpha value is -1.99. The number of hydrogen-bond acceptors (Lipinski definition) is 4. The summed E-state index contributed by atoms with van der Waals surface area (Å²) in [7, 11) is 0. The fourth-order valence-electron chi connectivity index (χ4n) is 2.65. The monoisotopic (exact) mass is 376 g/mol. The maximum atomic E-state index is 12.2. The van der Waals surface area contributed by atoms with Crippen molar-refractivity contribution in [2.45, 2.75) is 0 Å². The Morgan fingerprint density at radius 2 is 1.96 bits per heavy atom. The van der Waals surface area contributed by atoms with Crippen LogP contribution in [-0.2, 0) is 4.79 Å². The molecule has 1 aliphatic rings. The smallest absolute Gasteiger partial charge is 0.279 e.